The monoisotopic (exact) mass is 263 g/mol. The minimum Gasteiger partial charge on any atom is -0.350 e. The molecule has 0 fully saturated rings. The first-order valence-corrected chi connectivity index (χ1v) is 6.23. The highest BCUT2D eigenvalue weighted by molar-refractivity contribution is 5.97. The number of likely N-dealkylation sites (N-methyl/N-ethyl adjacent to an activating group) is 1. The Morgan fingerprint density at radius 2 is 1.68 bits per heavy atom. The fourth-order valence-corrected chi connectivity index (χ4v) is 1.47. The zero-order valence-electron chi connectivity index (χ0n) is 11.9. The molecule has 2 amide bonds. The normalized spacial score (nSPS) is 11.8. The van der Waals surface area contributed by atoms with Crippen molar-refractivity contribution in [2.45, 2.75) is 13.0 Å². The van der Waals surface area contributed by atoms with Crippen LogP contribution in [0.4, 0.5) is 0 Å². The minimum absolute atomic E-state index is 0.0734. The van der Waals surface area contributed by atoms with Crippen molar-refractivity contribution in [3.8, 4) is 0 Å². The Bertz CT molecular complexity index is 441. The summed E-state index contributed by atoms with van der Waals surface area (Å²) in [5.41, 5.74) is 1.13. The smallest absolute Gasteiger partial charge is 0.253 e. The molecule has 0 aliphatic rings. The van der Waals surface area contributed by atoms with Gasteiger partial charge in [-0.05, 0) is 38.2 Å². The maximum Gasteiger partial charge on any atom is 0.253 e. The second-order valence-corrected chi connectivity index (χ2v) is 4.68. The molecule has 1 aromatic carbocycles. The number of benzene rings is 1. The third kappa shape index (κ3) is 4.37. The van der Waals surface area contributed by atoms with E-state index >= 15 is 0 Å². The van der Waals surface area contributed by atoms with Crippen LogP contribution in [0.3, 0.4) is 0 Å². The lowest BCUT2D eigenvalue weighted by Gasteiger charge is -2.12. The summed E-state index contributed by atoms with van der Waals surface area (Å²) in [5, 5.41) is 5.87. The molecule has 0 aromatic heterocycles. The van der Waals surface area contributed by atoms with Gasteiger partial charge in [0.1, 0.15) is 0 Å². The summed E-state index contributed by atoms with van der Waals surface area (Å²) in [6.07, 6.45) is 0. The molecule has 0 radical (unpaired) electrons. The predicted molar refractivity (Wildman–Crippen MR) is 75.3 cm³/mol. The first-order valence-electron chi connectivity index (χ1n) is 6.23. The molecule has 1 rings (SSSR count). The molecule has 0 saturated heterocycles. The van der Waals surface area contributed by atoms with Crippen LogP contribution in [0.2, 0.25) is 0 Å². The summed E-state index contributed by atoms with van der Waals surface area (Å²) in [6, 6.07) is 6.88. The van der Waals surface area contributed by atoms with Gasteiger partial charge in [0.25, 0.3) is 11.8 Å². The Labute approximate surface area is 114 Å². The molecule has 5 heteroatoms. The number of rotatable bonds is 5. The van der Waals surface area contributed by atoms with Crippen LogP contribution >= 0.6 is 0 Å². The van der Waals surface area contributed by atoms with Crippen LogP contribution in [0.15, 0.2) is 24.3 Å². The standard InChI is InChI=1S/C14H21N3O2/c1-10(15-2)9-16-13(18)11-5-7-12(8-6-11)14(19)17(3)4/h5-8,10,15H,9H2,1-4H3,(H,16,18). The third-order valence-electron chi connectivity index (χ3n) is 2.86. The van der Waals surface area contributed by atoms with Crippen LogP contribution in [0.1, 0.15) is 27.6 Å². The van der Waals surface area contributed by atoms with Gasteiger partial charge in [0, 0.05) is 37.8 Å². The molecule has 1 atom stereocenters. The summed E-state index contributed by atoms with van der Waals surface area (Å²) in [5.74, 6) is -0.207. The number of hydrogen-bond donors (Lipinski definition) is 2. The van der Waals surface area contributed by atoms with Gasteiger partial charge in [-0.2, -0.15) is 0 Å². The minimum atomic E-state index is -0.133. The number of nitrogens with zero attached hydrogens (tertiary/aromatic N) is 1. The maximum absolute atomic E-state index is 11.8. The van der Waals surface area contributed by atoms with Gasteiger partial charge in [-0.25, -0.2) is 0 Å². The second-order valence-electron chi connectivity index (χ2n) is 4.68. The molecule has 0 heterocycles. The Balaban J connectivity index is 2.66. The molecule has 19 heavy (non-hydrogen) atoms. The lowest BCUT2D eigenvalue weighted by molar-refractivity contribution is 0.0826. The molecule has 5 nitrogen and oxygen atoms in total. The van der Waals surface area contributed by atoms with E-state index in [1.807, 2.05) is 14.0 Å². The van der Waals surface area contributed by atoms with E-state index < -0.39 is 0 Å². The van der Waals surface area contributed by atoms with Crippen molar-refractivity contribution < 1.29 is 9.59 Å². The van der Waals surface area contributed by atoms with Crippen LogP contribution in [-0.2, 0) is 0 Å². The molecule has 1 unspecified atom stereocenters. The fourth-order valence-electron chi connectivity index (χ4n) is 1.47. The maximum atomic E-state index is 11.8. The molecule has 104 valence electrons. The molecule has 0 spiro atoms. The van der Waals surface area contributed by atoms with Crippen molar-refractivity contribution in [3.05, 3.63) is 35.4 Å². The van der Waals surface area contributed by atoms with Gasteiger partial charge in [0.15, 0.2) is 0 Å². The second kappa shape index (κ2) is 6.89. The molecule has 2 N–H and O–H groups in total. The van der Waals surface area contributed by atoms with Crippen molar-refractivity contribution in [2.24, 2.45) is 0 Å². The highest BCUT2D eigenvalue weighted by Gasteiger charge is 2.10. The third-order valence-corrected chi connectivity index (χ3v) is 2.86. The molecule has 0 bridgehead atoms. The number of amides is 2. The summed E-state index contributed by atoms with van der Waals surface area (Å²) in [7, 11) is 5.24. The molecule has 0 saturated carbocycles. The van der Waals surface area contributed by atoms with Gasteiger partial charge in [-0.1, -0.05) is 0 Å². The van der Waals surface area contributed by atoms with E-state index in [9.17, 15) is 9.59 Å². The Morgan fingerprint density at radius 3 is 2.16 bits per heavy atom. The Kier molecular flexibility index (Phi) is 5.51. The lowest BCUT2D eigenvalue weighted by Crippen LogP contribution is -2.37. The van der Waals surface area contributed by atoms with E-state index in [4.69, 9.17) is 0 Å². The topological polar surface area (TPSA) is 61.4 Å². The largest absolute Gasteiger partial charge is 0.350 e. The van der Waals surface area contributed by atoms with Gasteiger partial charge < -0.3 is 15.5 Å². The summed E-state index contributed by atoms with van der Waals surface area (Å²) < 4.78 is 0. The van der Waals surface area contributed by atoms with Crippen molar-refractivity contribution in [1.29, 1.82) is 0 Å². The lowest BCUT2D eigenvalue weighted by atomic mass is 10.1. The van der Waals surface area contributed by atoms with E-state index in [2.05, 4.69) is 10.6 Å². The van der Waals surface area contributed by atoms with Gasteiger partial charge >= 0.3 is 0 Å². The van der Waals surface area contributed by atoms with E-state index in [0.717, 1.165) is 0 Å². The predicted octanol–water partition coefficient (Wildman–Crippen LogP) is 0.726. The van der Waals surface area contributed by atoms with Crippen LogP contribution in [0.5, 0.6) is 0 Å². The molecule has 0 aliphatic carbocycles. The van der Waals surface area contributed by atoms with Crippen molar-refractivity contribution in [2.75, 3.05) is 27.7 Å². The number of carbonyl (C=O) groups is 2. The summed E-state index contributed by atoms with van der Waals surface area (Å²) in [6.45, 7) is 2.55. The zero-order valence-corrected chi connectivity index (χ0v) is 11.9. The van der Waals surface area contributed by atoms with E-state index in [-0.39, 0.29) is 17.9 Å². The van der Waals surface area contributed by atoms with Crippen molar-refractivity contribution in [3.63, 3.8) is 0 Å². The van der Waals surface area contributed by atoms with Crippen molar-refractivity contribution >= 4 is 11.8 Å². The first kappa shape index (κ1) is 15.2. The van der Waals surface area contributed by atoms with Gasteiger partial charge in [-0.3, -0.25) is 9.59 Å². The highest BCUT2D eigenvalue weighted by atomic mass is 16.2. The first-order chi connectivity index (χ1) is 8.95. The Hall–Kier alpha value is -1.88. The molecular formula is C14H21N3O2. The average Bonchev–Trinajstić information content (AvgIpc) is 2.43. The fraction of sp³-hybridized carbons (Fsp3) is 0.429. The van der Waals surface area contributed by atoms with Gasteiger partial charge in [0.05, 0.1) is 0 Å². The molecule has 1 aromatic rings. The summed E-state index contributed by atoms with van der Waals surface area (Å²) >= 11 is 0. The van der Waals surface area contributed by atoms with Crippen LogP contribution in [-0.4, -0.2) is 50.4 Å². The quantitative estimate of drug-likeness (QED) is 0.823. The van der Waals surface area contributed by atoms with E-state index in [1.54, 1.807) is 38.4 Å². The zero-order chi connectivity index (χ0) is 14.4. The van der Waals surface area contributed by atoms with Crippen LogP contribution < -0.4 is 10.6 Å². The van der Waals surface area contributed by atoms with Crippen LogP contribution in [0.25, 0.3) is 0 Å². The SMILES string of the molecule is CNC(C)CNC(=O)c1ccc(C(=O)N(C)C)cc1. The van der Waals surface area contributed by atoms with Gasteiger partial charge in [-0.15, -0.1) is 0 Å². The average molecular weight is 263 g/mol. The number of hydrogen-bond acceptors (Lipinski definition) is 3. The molecular weight excluding hydrogens is 242 g/mol. The highest BCUT2D eigenvalue weighted by Crippen LogP contribution is 2.06. The van der Waals surface area contributed by atoms with E-state index in [1.165, 1.54) is 4.90 Å². The van der Waals surface area contributed by atoms with Crippen LogP contribution in [0, 0.1) is 0 Å². The number of carbonyl (C=O) groups excluding carboxylic acids is 2. The molecule has 0 aliphatic heterocycles. The van der Waals surface area contributed by atoms with Gasteiger partial charge in [0.2, 0.25) is 0 Å². The van der Waals surface area contributed by atoms with Crippen molar-refractivity contribution in [1.82, 2.24) is 15.5 Å². The summed E-state index contributed by atoms with van der Waals surface area (Å²) in [4.78, 5) is 25.0. The van der Waals surface area contributed by atoms with E-state index in [0.29, 0.717) is 17.7 Å². The Morgan fingerprint density at radius 1 is 1.16 bits per heavy atom. The number of nitrogens with one attached hydrogen (secondary N) is 2.